The fourth-order valence-electron chi connectivity index (χ4n) is 4.83. The van der Waals surface area contributed by atoms with Gasteiger partial charge in [-0.1, -0.05) is 37.1 Å². The first-order valence-electron chi connectivity index (χ1n) is 7.71. The molecule has 1 N–H and O–H groups in total. The molecule has 1 fully saturated rings. The maximum atomic E-state index is 11.9. The Morgan fingerprint density at radius 2 is 2.05 bits per heavy atom. The van der Waals surface area contributed by atoms with Crippen molar-refractivity contribution in [2.75, 3.05) is 0 Å². The Morgan fingerprint density at radius 1 is 1.30 bits per heavy atom. The lowest BCUT2D eigenvalue weighted by molar-refractivity contribution is -0.157. The highest BCUT2D eigenvalue weighted by Crippen LogP contribution is 2.57. The molecular weight excluding hydrogens is 248 g/mol. The molecule has 2 nitrogen and oxygen atoms in total. The minimum Gasteiger partial charge on any atom is -0.481 e. The van der Waals surface area contributed by atoms with E-state index in [1.165, 1.54) is 16.7 Å². The normalized spacial score (nSPS) is 36.0. The second-order valence-electron chi connectivity index (χ2n) is 7.25. The van der Waals surface area contributed by atoms with E-state index >= 15 is 0 Å². The summed E-state index contributed by atoms with van der Waals surface area (Å²) in [5.74, 6) is -0.347. The standard InChI is InChI=1S/C18H24O2/c1-12-5-6-13-7-8-15-17(2,14(13)11-12)9-4-10-18(15,3)16(19)20/h5-6,11,15H,4,7-10H2,1-3H3,(H,19,20). The molecular formula is C18H24O2. The summed E-state index contributed by atoms with van der Waals surface area (Å²) in [6.07, 6.45) is 5.00. The zero-order valence-electron chi connectivity index (χ0n) is 12.7. The quantitative estimate of drug-likeness (QED) is 0.836. The lowest BCUT2D eigenvalue weighted by Gasteiger charge is -2.53. The van der Waals surface area contributed by atoms with Crippen LogP contribution in [-0.4, -0.2) is 11.1 Å². The minimum absolute atomic E-state index is 0.0327. The van der Waals surface area contributed by atoms with E-state index in [9.17, 15) is 9.90 Å². The van der Waals surface area contributed by atoms with Gasteiger partial charge >= 0.3 is 5.97 Å². The molecule has 3 rings (SSSR count). The molecule has 3 atom stereocenters. The lowest BCUT2D eigenvalue weighted by atomic mass is 9.50. The van der Waals surface area contributed by atoms with Gasteiger partial charge in [-0.3, -0.25) is 4.79 Å². The van der Waals surface area contributed by atoms with E-state index in [0.29, 0.717) is 0 Å². The van der Waals surface area contributed by atoms with Crippen LogP contribution < -0.4 is 0 Å². The number of aryl methyl sites for hydroxylation is 2. The second kappa shape index (κ2) is 4.34. The average Bonchev–Trinajstić information content (AvgIpc) is 2.39. The zero-order valence-corrected chi connectivity index (χ0v) is 12.7. The van der Waals surface area contributed by atoms with Crippen molar-refractivity contribution >= 4 is 5.97 Å². The van der Waals surface area contributed by atoms with Crippen LogP contribution in [0.5, 0.6) is 0 Å². The highest BCUT2D eigenvalue weighted by molar-refractivity contribution is 5.75. The fourth-order valence-corrected chi connectivity index (χ4v) is 4.83. The van der Waals surface area contributed by atoms with Crippen LogP contribution in [0.1, 0.15) is 56.2 Å². The monoisotopic (exact) mass is 272 g/mol. The Bertz CT molecular complexity index is 563. The van der Waals surface area contributed by atoms with Gasteiger partial charge in [-0.25, -0.2) is 0 Å². The SMILES string of the molecule is Cc1ccc2c(c1)C1(C)CCCC(C)(C(=O)O)C1CC2. The third-order valence-electron chi connectivity index (χ3n) is 6.00. The van der Waals surface area contributed by atoms with Crippen LogP contribution in [0.4, 0.5) is 0 Å². The number of carbonyl (C=O) groups is 1. The smallest absolute Gasteiger partial charge is 0.309 e. The van der Waals surface area contributed by atoms with Gasteiger partial charge in [0, 0.05) is 0 Å². The summed E-state index contributed by atoms with van der Waals surface area (Å²) in [5, 5.41) is 9.75. The van der Waals surface area contributed by atoms with E-state index in [-0.39, 0.29) is 11.3 Å². The number of fused-ring (bicyclic) bond motifs is 3. The summed E-state index contributed by atoms with van der Waals surface area (Å²) >= 11 is 0. The van der Waals surface area contributed by atoms with E-state index in [0.717, 1.165) is 32.1 Å². The number of carboxylic acids is 1. The number of hydrogen-bond donors (Lipinski definition) is 1. The van der Waals surface area contributed by atoms with Gasteiger partial charge in [-0.2, -0.15) is 0 Å². The first kappa shape index (κ1) is 13.7. The Balaban J connectivity index is 2.13. The highest BCUT2D eigenvalue weighted by Gasteiger charge is 2.55. The van der Waals surface area contributed by atoms with E-state index in [1.54, 1.807) is 0 Å². The van der Waals surface area contributed by atoms with Crippen molar-refractivity contribution in [3.8, 4) is 0 Å². The molecule has 0 heterocycles. The molecule has 0 spiro atoms. The number of carboxylic acid groups (broad SMARTS) is 1. The van der Waals surface area contributed by atoms with E-state index < -0.39 is 11.4 Å². The Hall–Kier alpha value is -1.31. The van der Waals surface area contributed by atoms with Crippen molar-refractivity contribution in [2.45, 2.75) is 58.3 Å². The van der Waals surface area contributed by atoms with Gasteiger partial charge in [-0.05, 0) is 62.0 Å². The van der Waals surface area contributed by atoms with Crippen LogP contribution in [0.3, 0.4) is 0 Å². The summed E-state index contributed by atoms with van der Waals surface area (Å²) in [6.45, 7) is 6.40. The van der Waals surface area contributed by atoms with E-state index in [2.05, 4.69) is 32.0 Å². The molecule has 2 aliphatic rings. The molecule has 0 amide bonds. The summed E-state index contributed by atoms with van der Waals surface area (Å²) < 4.78 is 0. The predicted octanol–water partition coefficient (Wildman–Crippen LogP) is 4.09. The van der Waals surface area contributed by atoms with Gasteiger partial charge in [0.25, 0.3) is 0 Å². The molecule has 0 aromatic heterocycles. The topological polar surface area (TPSA) is 37.3 Å². The number of rotatable bonds is 1. The van der Waals surface area contributed by atoms with Crippen molar-refractivity contribution in [3.63, 3.8) is 0 Å². The molecule has 1 aromatic carbocycles. The van der Waals surface area contributed by atoms with E-state index in [4.69, 9.17) is 0 Å². The maximum absolute atomic E-state index is 11.9. The predicted molar refractivity (Wildman–Crippen MR) is 79.9 cm³/mol. The lowest BCUT2D eigenvalue weighted by Crippen LogP contribution is -2.52. The second-order valence-corrected chi connectivity index (χ2v) is 7.25. The third-order valence-corrected chi connectivity index (χ3v) is 6.00. The highest BCUT2D eigenvalue weighted by atomic mass is 16.4. The summed E-state index contributed by atoms with van der Waals surface area (Å²) in [5.41, 5.74) is 3.61. The largest absolute Gasteiger partial charge is 0.481 e. The van der Waals surface area contributed by atoms with Crippen LogP contribution in [0.15, 0.2) is 18.2 Å². The Labute approximate surface area is 121 Å². The van der Waals surface area contributed by atoms with Crippen molar-refractivity contribution in [2.24, 2.45) is 11.3 Å². The molecule has 1 aromatic rings. The van der Waals surface area contributed by atoms with Crippen LogP contribution in [0.25, 0.3) is 0 Å². The van der Waals surface area contributed by atoms with Crippen LogP contribution in [0, 0.1) is 18.3 Å². The molecule has 0 aliphatic heterocycles. The number of benzene rings is 1. The Morgan fingerprint density at radius 3 is 2.75 bits per heavy atom. The summed E-state index contributed by atoms with van der Waals surface area (Å²) in [7, 11) is 0. The fraction of sp³-hybridized carbons (Fsp3) is 0.611. The first-order chi connectivity index (χ1) is 9.38. The van der Waals surface area contributed by atoms with Crippen molar-refractivity contribution < 1.29 is 9.90 Å². The van der Waals surface area contributed by atoms with Crippen LogP contribution >= 0.6 is 0 Å². The molecule has 0 saturated heterocycles. The van der Waals surface area contributed by atoms with Gasteiger partial charge in [0.1, 0.15) is 0 Å². The molecule has 0 bridgehead atoms. The summed E-state index contributed by atoms with van der Waals surface area (Å²) in [6, 6.07) is 6.73. The zero-order chi connectivity index (χ0) is 14.5. The van der Waals surface area contributed by atoms with Crippen molar-refractivity contribution in [3.05, 3.63) is 34.9 Å². The molecule has 108 valence electrons. The number of aliphatic carboxylic acids is 1. The first-order valence-corrected chi connectivity index (χ1v) is 7.71. The van der Waals surface area contributed by atoms with Gasteiger partial charge in [0.2, 0.25) is 0 Å². The molecule has 20 heavy (non-hydrogen) atoms. The summed E-state index contributed by atoms with van der Waals surface area (Å²) in [4.78, 5) is 11.9. The van der Waals surface area contributed by atoms with Crippen molar-refractivity contribution in [1.29, 1.82) is 0 Å². The van der Waals surface area contributed by atoms with Crippen LogP contribution in [-0.2, 0) is 16.6 Å². The molecule has 3 unspecified atom stereocenters. The van der Waals surface area contributed by atoms with Gasteiger partial charge in [0.15, 0.2) is 0 Å². The van der Waals surface area contributed by atoms with Gasteiger partial charge in [0.05, 0.1) is 5.41 Å². The van der Waals surface area contributed by atoms with Gasteiger partial charge in [-0.15, -0.1) is 0 Å². The van der Waals surface area contributed by atoms with Gasteiger partial charge < -0.3 is 5.11 Å². The third kappa shape index (κ3) is 1.73. The number of hydrogen-bond acceptors (Lipinski definition) is 1. The molecule has 0 radical (unpaired) electrons. The van der Waals surface area contributed by atoms with Crippen molar-refractivity contribution in [1.82, 2.24) is 0 Å². The maximum Gasteiger partial charge on any atom is 0.309 e. The molecule has 2 heteroatoms. The van der Waals surface area contributed by atoms with Crippen LogP contribution in [0.2, 0.25) is 0 Å². The molecule has 2 aliphatic carbocycles. The van der Waals surface area contributed by atoms with E-state index in [1.807, 2.05) is 6.92 Å². The molecule has 1 saturated carbocycles. The minimum atomic E-state index is -0.607. The average molecular weight is 272 g/mol. The Kier molecular flexibility index (Phi) is 2.97.